The first-order valence-electron chi connectivity index (χ1n) is 15.2. The Labute approximate surface area is 255 Å². The van der Waals surface area contributed by atoms with Gasteiger partial charge in [-0.05, 0) is 82.8 Å². The molecule has 2 aliphatic heterocycles. The van der Waals surface area contributed by atoms with Gasteiger partial charge >= 0.3 is 0 Å². The number of hydrogen-bond acceptors (Lipinski definition) is 0. The molecule has 0 radical (unpaired) electrons. The number of nitrogens with zero attached hydrogens (tertiary/aromatic N) is 1. The monoisotopic (exact) mass is 561 g/mol. The molecule has 2 nitrogen and oxygen atoms in total. The van der Waals surface area contributed by atoms with Crippen LogP contribution in [-0.4, -0.2) is 4.98 Å². The second-order valence-corrected chi connectivity index (χ2v) is 11.7. The molecule has 0 fully saturated rings. The quantitative estimate of drug-likeness (QED) is 0.207. The second kappa shape index (κ2) is 9.65. The third-order valence-electron chi connectivity index (χ3n) is 9.16. The summed E-state index contributed by atoms with van der Waals surface area (Å²) in [5.41, 5.74) is 13.4. The SMILES string of the molecule is Cc1cccc2c3cc(-c4cc(-c5ccccc5)c5[nH]c6ccc(-c7ccccc7)cc6c5c4)ccc3[n+]=2c2ccccc12. The number of fused-ring (bicyclic) bond motifs is 8. The van der Waals surface area contributed by atoms with Crippen molar-refractivity contribution >= 4 is 43.6 Å². The van der Waals surface area contributed by atoms with Gasteiger partial charge in [-0.2, -0.15) is 4.24 Å². The maximum Gasteiger partial charge on any atom is 0.225 e. The fraction of sp³-hybridized carbons (Fsp3) is 0.0238. The number of H-pyrrole nitrogens is 1. The Kier molecular flexibility index (Phi) is 5.45. The molecule has 9 rings (SSSR count). The van der Waals surface area contributed by atoms with Crippen LogP contribution in [0.15, 0.2) is 152 Å². The highest BCUT2D eigenvalue weighted by molar-refractivity contribution is 6.14. The molecule has 0 unspecified atom stereocenters. The van der Waals surface area contributed by atoms with Crippen molar-refractivity contribution < 1.29 is 4.24 Å². The Bertz CT molecular complexity index is 2600. The molecule has 3 heterocycles. The molecule has 7 aromatic rings. The van der Waals surface area contributed by atoms with Crippen molar-refractivity contribution in [2.75, 3.05) is 0 Å². The Hall–Kier alpha value is -5.73. The van der Waals surface area contributed by atoms with Crippen molar-refractivity contribution in [2.24, 2.45) is 0 Å². The highest BCUT2D eigenvalue weighted by Crippen LogP contribution is 2.39. The lowest BCUT2D eigenvalue weighted by Crippen LogP contribution is -2.25. The van der Waals surface area contributed by atoms with Gasteiger partial charge in [-0.25, -0.2) is 0 Å². The van der Waals surface area contributed by atoms with Gasteiger partial charge in [0.25, 0.3) is 0 Å². The summed E-state index contributed by atoms with van der Waals surface area (Å²) in [7, 11) is 0. The van der Waals surface area contributed by atoms with Gasteiger partial charge in [0.15, 0.2) is 0 Å². The van der Waals surface area contributed by atoms with Crippen molar-refractivity contribution in [3.05, 3.63) is 163 Å². The van der Waals surface area contributed by atoms with Gasteiger partial charge in [0.2, 0.25) is 16.4 Å². The first-order chi connectivity index (χ1) is 21.7. The molecule has 0 aliphatic carbocycles. The maximum absolute atomic E-state index is 3.77. The molecule has 0 saturated carbocycles. The van der Waals surface area contributed by atoms with Crippen molar-refractivity contribution in [1.82, 2.24) is 4.98 Å². The average molecular weight is 562 g/mol. The molecule has 0 spiro atoms. The lowest BCUT2D eigenvalue weighted by Gasteiger charge is -2.10. The number of aromatic nitrogens is 2. The predicted molar refractivity (Wildman–Crippen MR) is 184 cm³/mol. The van der Waals surface area contributed by atoms with Gasteiger partial charge in [-0.3, -0.25) is 0 Å². The van der Waals surface area contributed by atoms with Crippen LogP contribution in [0.1, 0.15) is 5.56 Å². The lowest BCUT2D eigenvalue weighted by atomic mass is 9.94. The predicted octanol–water partition coefficient (Wildman–Crippen LogP) is 10.5. The Morgan fingerprint density at radius 3 is 1.93 bits per heavy atom. The smallest absolute Gasteiger partial charge is 0.225 e. The van der Waals surface area contributed by atoms with Crippen LogP contribution in [0.4, 0.5) is 0 Å². The van der Waals surface area contributed by atoms with Gasteiger partial charge < -0.3 is 4.98 Å². The summed E-state index contributed by atoms with van der Waals surface area (Å²) in [6.45, 7) is 2.19. The van der Waals surface area contributed by atoms with Gasteiger partial charge in [-0.15, -0.1) is 0 Å². The molecule has 6 aromatic carbocycles. The zero-order chi connectivity index (χ0) is 29.2. The van der Waals surface area contributed by atoms with Gasteiger partial charge in [0, 0.05) is 45.4 Å². The van der Waals surface area contributed by atoms with E-state index in [1.165, 1.54) is 82.4 Å². The molecule has 1 N–H and O–H groups in total. The van der Waals surface area contributed by atoms with E-state index in [4.69, 9.17) is 0 Å². The number of rotatable bonds is 3. The molecule has 0 amide bonds. The normalized spacial score (nSPS) is 11.8. The highest BCUT2D eigenvalue weighted by Gasteiger charge is 2.20. The molecule has 206 valence electrons. The van der Waals surface area contributed by atoms with E-state index >= 15 is 0 Å². The summed E-state index contributed by atoms with van der Waals surface area (Å²) in [4.78, 5) is 3.77. The molecule has 1 aromatic heterocycles. The first-order valence-corrected chi connectivity index (χ1v) is 15.2. The fourth-order valence-corrected chi connectivity index (χ4v) is 6.93. The van der Waals surface area contributed by atoms with E-state index in [1.807, 2.05) is 0 Å². The number of aryl methyl sites for hydroxylation is 1. The average Bonchev–Trinajstić information content (AvgIpc) is 3.44. The zero-order valence-corrected chi connectivity index (χ0v) is 24.4. The summed E-state index contributed by atoms with van der Waals surface area (Å²) < 4.78 is 2.39. The Balaban J connectivity index is 1.31. The molecule has 2 heteroatoms. The van der Waals surface area contributed by atoms with Crippen molar-refractivity contribution in [2.45, 2.75) is 6.92 Å². The first kappa shape index (κ1) is 24.8. The summed E-state index contributed by atoms with van der Waals surface area (Å²) in [5, 5.41) is 6.28. The van der Waals surface area contributed by atoms with E-state index < -0.39 is 0 Å². The maximum atomic E-state index is 3.77. The van der Waals surface area contributed by atoms with Crippen molar-refractivity contribution in [3.63, 3.8) is 0 Å². The summed E-state index contributed by atoms with van der Waals surface area (Å²) in [6.07, 6.45) is 0. The topological polar surface area (TPSA) is 21.7 Å². The van der Waals surface area contributed by atoms with E-state index in [0.29, 0.717) is 0 Å². The molecular weight excluding hydrogens is 532 g/mol. The van der Waals surface area contributed by atoms with E-state index in [9.17, 15) is 0 Å². The number of aromatic amines is 1. The number of hydrogen-bond donors (Lipinski definition) is 1. The largest absolute Gasteiger partial charge is 0.354 e. The van der Waals surface area contributed by atoms with Crippen molar-refractivity contribution in [1.29, 1.82) is 0 Å². The molecule has 0 atom stereocenters. The van der Waals surface area contributed by atoms with Gasteiger partial charge in [-0.1, -0.05) is 91.0 Å². The minimum atomic E-state index is 1.15. The Morgan fingerprint density at radius 1 is 0.432 bits per heavy atom. The molecule has 0 bridgehead atoms. The van der Waals surface area contributed by atoms with Crippen LogP contribution in [0.5, 0.6) is 0 Å². The molecular formula is C42H29N2+. The van der Waals surface area contributed by atoms with Crippen LogP contribution in [0, 0.1) is 12.3 Å². The third kappa shape index (κ3) is 3.78. The van der Waals surface area contributed by atoms with Crippen molar-refractivity contribution in [3.8, 4) is 33.4 Å². The summed E-state index contributed by atoms with van der Waals surface area (Å²) >= 11 is 0. The van der Waals surface area contributed by atoms with E-state index in [2.05, 4.69) is 168 Å². The number of nitrogens with one attached hydrogen (secondary N) is 1. The lowest BCUT2D eigenvalue weighted by molar-refractivity contribution is -0.457. The van der Waals surface area contributed by atoms with Crippen LogP contribution >= 0.6 is 0 Å². The van der Waals surface area contributed by atoms with Crippen LogP contribution in [-0.2, 0) is 0 Å². The summed E-state index contributed by atoms with van der Waals surface area (Å²) in [6, 6.07) is 55.1. The van der Waals surface area contributed by atoms with Gasteiger partial charge in [0.05, 0.1) is 5.52 Å². The minimum Gasteiger partial charge on any atom is -0.354 e. The molecule has 44 heavy (non-hydrogen) atoms. The summed E-state index contributed by atoms with van der Waals surface area (Å²) in [5.74, 6) is 0. The Morgan fingerprint density at radius 2 is 1.09 bits per heavy atom. The minimum absolute atomic E-state index is 1.15. The van der Waals surface area contributed by atoms with Crippen LogP contribution in [0.25, 0.3) is 77.0 Å². The number of para-hydroxylation sites is 1. The van der Waals surface area contributed by atoms with E-state index in [1.54, 1.807) is 0 Å². The van der Waals surface area contributed by atoms with Crippen LogP contribution < -0.4 is 4.24 Å². The van der Waals surface area contributed by atoms with Crippen LogP contribution in [0.2, 0.25) is 0 Å². The fourth-order valence-electron chi connectivity index (χ4n) is 6.93. The number of benzene rings is 6. The van der Waals surface area contributed by atoms with Crippen LogP contribution in [0.3, 0.4) is 0 Å². The van der Waals surface area contributed by atoms with Gasteiger partial charge in [0.1, 0.15) is 5.39 Å². The zero-order valence-electron chi connectivity index (χ0n) is 24.4. The van der Waals surface area contributed by atoms with E-state index in [0.717, 1.165) is 5.52 Å². The highest BCUT2D eigenvalue weighted by atomic mass is 14.9. The van der Waals surface area contributed by atoms with E-state index in [-0.39, 0.29) is 0 Å². The third-order valence-corrected chi connectivity index (χ3v) is 9.16. The molecule has 2 aliphatic rings. The second-order valence-electron chi connectivity index (χ2n) is 11.7. The molecule has 0 saturated heterocycles. The standard InChI is InChI=1S/C42H29N2/c1-27-11-10-18-40-37-24-31(20-22-41(37)44(40)39-17-9-8-16-33(27)39)32-25-34(29-14-6-3-7-15-29)42-36(26-32)35-23-30(19-21-38(35)43-42)28-12-4-2-5-13-28/h2-26,43H,1H3/q+1.